The van der Waals surface area contributed by atoms with E-state index in [-0.39, 0.29) is 5.41 Å². The van der Waals surface area contributed by atoms with Gasteiger partial charge in [0.05, 0.1) is 0 Å². The van der Waals surface area contributed by atoms with Gasteiger partial charge in [0.15, 0.2) is 0 Å². The van der Waals surface area contributed by atoms with Crippen molar-refractivity contribution in [2.75, 3.05) is 0 Å². The van der Waals surface area contributed by atoms with Gasteiger partial charge in [-0.05, 0) is 0 Å². The van der Waals surface area contributed by atoms with Crippen molar-refractivity contribution >= 4 is 11.8 Å². The smallest absolute Gasteiger partial charge is 0.209 e. The number of benzene rings is 2. The normalized spacial score (nSPS) is 17.2. The lowest BCUT2D eigenvalue weighted by Gasteiger charge is -2.32. The molecule has 2 aromatic carbocycles. The zero-order chi connectivity index (χ0) is 14.9. The van der Waals surface area contributed by atoms with Gasteiger partial charge in [-0.3, -0.25) is 0 Å². The second-order valence-corrected chi connectivity index (χ2v) is 7.35. The van der Waals surface area contributed by atoms with Crippen LogP contribution in [0.3, 0.4) is 0 Å². The molecule has 1 aliphatic heterocycles. The van der Waals surface area contributed by atoms with E-state index >= 15 is 0 Å². The van der Waals surface area contributed by atoms with Crippen LogP contribution in [0.15, 0.2) is 71.8 Å². The van der Waals surface area contributed by atoms with E-state index in [1.807, 2.05) is 12.1 Å². The lowest BCUT2D eigenvalue weighted by Crippen LogP contribution is -2.26. The average Bonchev–Trinajstić information content (AvgIpc) is 2.96. The van der Waals surface area contributed by atoms with Gasteiger partial charge in [-0.2, -0.15) is 0 Å². The summed E-state index contributed by atoms with van der Waals surface area (Å²) in [5, 5.41) is 2.17. The van der Waals surface area contributed by atoms with Crippen LogP contribution in [0, 0.1) is 5.41 Å². The Kier molecular flexibility index (Phi) is 3.58. The molecule has 0 spiro atoms. The second-order valence-electron chi connectivity index (χ2n) is 6.30. The molecule has 0 amide bonds. The topological polar surface area (TPSA) is 9.23 Å². The molecule has 0 bridgehead atoms. The van der Waals surface area contributed by atoms with Crippen LogP contribution < -0.4 is 0 Å². The first-order valence-corrected chi connectivity index (χ1v) is 8.09. The highest BCUT2D eigenvalue weighted by Gasteiger charge is 2.43. The van der Waals surface area contributed by atoms with E-state index in [1.165, 1.54) is 11.1 Å². The molecular weight excluding hydrogens is 276 g/mol. The first kappa shape index (κ1) is 14.3. The van der Waals surface area contributed by atoms with Crippen molar-refractivity contribution in [1.29, 1.82) is 0 Å². The first-order chi connectivity index (χ1) is 10.0. The van der Waals surface area contributed by atoms with E-state index in [0.717, 1.165) is 5.76 Å². The molecule has 0 saturated heterocycles. The molecule has 0 aliphatic carbocycles. The number of allylic oxidation sites excluding steroid dienone is 1. The summed E-state index contributed by atoms with van der Waals surface area (Å²) in [6.07, 6.45) is 0. The number of thioether (sulfide) groups is 1. The Hall–Kier alpha value is -1.67. The fourth-order valence-electron chi connectivity index (χ4n) is 2.41. The summed E-state index contributed by atoms with van der Waals surface area (Å²) in [6.45, 7) is 6.56. The molecule has 1 heterocycles. The molecule has 0 aromatic heterocycles. The second kappa shape index (κ2) is 5.27. The highest BCUT2D eigenvalue weighted by atomic mass is 32.2. The Balaban J connectivity index is 2.08. The van der Waals surface area contributed by atoms with Crippen molar-refractivity contribution in [3.8, 4) is 0 Å². The predicted molar refractivity (Wildman–Crippen MR) is 89.9 cm³/mol. The molecule has 0 fully saturated rings. The average molecular weight is 296 g/mol. The standard InChI is InChI=1S/C19H20OS/c1-18(2,3)17-14-21-19(20-17,15-10-6-4-7-11-15)16-12-8-5-9-13-16/h4-14H,1-3H3. The van der Waals surface area contributed by atoms with Gasteiger partial charge in [0.25, 0.3) is 0 Å². The van der Waals surface area contributed by atoms with Gasteiger partial charge in [-0.15, -0.1) is 0 Å². The van der Waals surface area contributed by atoms with Crippen LogP contribution in [0.2, 0.25) is 0 Å². The molecule has 0 saturated carbocycles. The molecule has 108 valence electrons. The highest BCUT2D eigenvalue weighted by Crippen LogP contribution is 2.53. The summed E-state index contributed by atoms with van der Waals surface area (Å²) in [5.41, 5.74) is 2.37. The number of hydrogen-bond donors (Lipinski definition) is 0. The van der Waals surface area contributed by atoms with Gasteiger partial charge < -0.3 is 4.74 Å². The largest absolute Gasteiger partial charge is 0.471 e. The van der Waals surface area contributed by atoms with Gasteiger partial charge in [0.1, 0.15) is 5.76 Å². The molecule has 1 aliphatic rings. The van der Waals surface area contributed by atoms with Crippen LogP contribution in [0.5, 0.6) is 0 Å². The Morgan fingerprint density at radius 1 is 0.810 bits per heavy atom. The van der Waals surface area contributed by atoms with E-state index in [0.29, 0.717) is 0 Å². The van der Waals surface area contributed by atoms with Crippen molar-refractivity contribution in [2.45, 2.75) is 25.7 Å². The van der Waals surface area contributed by atoms with E-state index in [9.17, 15) is 0 Å². The molecule has 0 N–H and O–H groups in total. The summed E-state index contributed by atoms with van der Waals surface area (Å²) in [7, 11) is 0. The molecule has 1 nitrogen and oxygen atoms in total. The van der Waals surface area contributed by atoms with Gasteiger partial charge in [-0.1, -0.05) is 93.2 Å². The molecule has 0 radical (unpaired) electrons. The first-order valence-electron chi connectivity index (χ1n) is 7.21. The maximum absolute atomic E-state index is 6.51. The third-order valence-electron chi connectivity index (χ3n) is 3.63. The molecule has 3 rings (SSSR count). The molecular formula is C19H20OS. The van der Waals surface area contributed by atoms with E-state index in [1.54, 1.807) is 11.8 Å². The number of ether oxygens (including phenoxy) is 1. The third kappa shape index (κ3) is 2.60. The molecule has 0 unspecified atom stereocenters. The van der Waals surface area contributed by atoms with E-state index in [2.05, 4.69) is 74.7 Å². The predicted octanol–water partition coefficient (Wildman–Crippen LogP) is 5.54. The number of hydrogen-bond acceptors (Lipinski definition) is 2. The fraction of sp³-hybridized carbons (Fsp3) is 0.263. The van der Waals surface area contributed by atoms with Crippen LogP contribution in [-0.2, 0) is 9.67 Å². The van der Waals surface area contributed by atoms with Crippen molar-refractivity contribution in [2.24, 2.45) is 5.41 Å². The quantitative estimate of drug-likeness (QED) is 0.719. The van der Waals surface area contributed by atoms with Crippen molar-refractivity contribution in [3.05, 3.63) is 83.0 Å². The van der Waals surface area contributed by atoms with E-state index in [4.69, 9.17) is 4.74 Å². The van der Waals surface area contributed by atoms with Gasteiger partial charge in [0, 0.05) is 21.9 Å². The zero-order valence-electron chi connectivity index (χ0n) is 12.7. The molecule has 0 atom stereocenters. The minimum atomic E-state index is -0.467. The minimum Gasteiger partial charge on any atom is -0.471 e. The Labute approximate surface area is 131 Å². The SMILES string of the molecule is CC(C)(C)C1=CSC(c2ccccc2)(c2ccccc2)O1. The number of rotatable bonds is 2. The summed E-state index contributed by atoms with van der Waals surface area (Å²) < 4.78 is 6.51. The van der Waals surface area contributed by atoms with Gasteiger partial charge >= 0.3 is 0 Å². The summed E-state index contributed by atoms with van der Waals surface area (Å²) in [4.78, 5) is -0.467. The Morgan fingerprint density at radius 3 is 1.67 bits per heavy atom. The van der Waals surface area contributed by atoms with Crippen molar-refractivity contribution < 1.29 is 4.74 Å². The minimum absolute atomic E-state index is 0.0122. The van der Waals surface area contributed by atoms with E-state index < -0.39 is 4.93 Å². The van der Waals surface area contributed by atoms with Gasteiger partial charge in [0.2, 0.25) is 4.93 Å². The lowest BCUT2D eigenvalue weighted by atomic mass is 9.94. The maximum Gasteiger partial charge on any atom is 0.209 e. The van der Waals surface area contributed by atoms with Crippen LogP contribution in [-0.4, -0.2) is 0 Å². The summed E-state index contributed by atoms with van der Waals surface area (Å²) in [5.74, 6) is 1.04. The monoisotopic (exact) mass is 296 g/mol. The fourth-order valence-corrected chi connectivity index (χ4v) is 3.76. The van der Waals surface area contributed by atoms with Crippen LogP contribution in [0.1, 0.15) is 31.9 Å². The molecule has 2 heteroatoms. The van der Waals surface area contributed by atoms with Crippen molar-refractivity contribution in [1.82, 2.24) is 0 Å². The Morgan fingerprint density at radius 2 is 1.29 bits per heavy atom. The van der Waals surface area contributed by atoms with Crippen LogP contribution in [0.25, 0.3) is 0 Å². The van der Waals surface area contributed by atoms with Crippen molar-refractivity contribution in [3.63, 3.8) is 0 Å². The van der Waals surface area contributed by atoms with Crippen LogP contribution >= 0.6 is 11.8 Å². The summed E-state index contributed by atoms with van der Waals surface area (Å²) in [6, 6.07) is 20.9. The third-order valence-corrected chi connectivity index (χ3v) is 4.85. The van der Waals surface area contributed by atoms with Gasteiger partial charge in [-0.25, -0.2) is 0 Å². The van der Waals surface area contributed by atoms with Crippen LogP contribution in [0.4, 0.5) is 0 Å². The molecule has 21 heavy (non-hydrogen) atoms. The highest BCUT2D eigenvalue weighted by molar-refractivity contribution is 8.03. The maximum atomic E-state index is 6.51. The molecule has 2 aromatic rings. The Bertz CT molecular complexity index is 599. The summed E-state index contributed by atoms with van der Waals surface area (Å²) >= 11 is 1.75. The lowest BCUT2D eigenvalue weighted by molar-refractivity contribution is 0.0849. The zero-order valence-corrected chi connectivity index (χ0v) is 13.5.